The second-order valence-electron chi connectivity index (χ2n) is 4.74. The molecular weight excluding hydrogens is 378 g/mol. The number of carboxylic acid groups (broad SMARTS) is 1. The molecule has 126 valence electrons. The summed E-state index contributed by atoms with van der Waals surface area (Å²) in [5.74, 6) is -0.670. The number of carbonyl (C=O) groups is 2. The average Bonchev–Trinajstić information content (AvgIpc) is 2.55. The van der Waals surface area contributed by atoms with Gasteiger partial charge in [0.05, 0.1) is 6.61 Å². The van der Waals surface area contributed by atoms with Crippen molar-refractivity contribution in [1.82, 2.24) is 0 Å². The van der Waals surface area contributed by atoms with Crippen molar-refractivity contribution in [2.45, 2.75) is 6.92 Å². The van der Waals surface area contributed by atoms with Gasteiger partial charge in [-0.3, -0.25) is 4.79 Å². The molecule has 0 saturated heterocycles. The molecule has 2 rings (SSSR count). The molecule has 0 aromatic heterocycles. The number of carboxylic acids is 1. The van der Waals surface area contributed by atoms with Gasteiger partial charge in [-0.2, -0.15) is 0 Å². The lowest BCUT2D eigenvalue weighted by molar-refractivity contribution is -0.118. The molecule has 0 atom stereocenters. The zero-order valence-electron chi connectivity index (χ0n) is 12.9. The second-order valence-corrected chi connectivity index (χ2v) is 5.66. The molecule has 2 N–H and O–H groups in total. The number of ether oxygens (including phenoxy) is 2. The van der Waals surface area contributed by atoms with E-state index in [1.807, 2.05) is 6.92 Å². The fourth-order valence-electron chi connectivity index (χ4n) is 1.94. The Labute approximate surface area is 147 Å². The molecule has 1 amide bonds. The van der Waals surface area contributed by atoms with Crippen molar-refractivity contribution in [3.05, 3.63) is 52.5 Å². The normalized spacial score (nSPS) is 10.1. The summed E-state index contributed by atoms with van der Waals surface area (Å²) in [6, 6.07) is 11.5. The maximum absolute atomic E-state index is 11.9. The van der Waals surface area contributed by atoms with Gasteiger partial charge < -0.3 is 19.9 Å². The Balaban J connectivity index is 1.95. The fraction of sp³-hybridized carbons (Fsp3) is 0.176. The van der Waals surface area contributed by atoms with Gasteiger partial charge in [-0.1, -0.05) is 15.9 Å². The van der Waals surface area contributed by atoms with E-state index in [9.17, 15) is 9.59 Å². The quantitative estimate of drug-likeness (QED) is 0.750. The van der Waals surface area contributed by atoms with Gasteiger partial charge in [-0.15, -0.1) is 0 Å². The van der Waals surface area contributed by atoms with E-state index < -0.39 is 11.9 Å². The van der Waals surface area contributed by atoms with Gasteiger partial charge in [0.2, 0.25) is 0 Å². The Bertz CT molecular complexity index is 730. The lowest BCUT2D eigenvalue weighted by Gasteiger charge is -2.10. The smallest absolute Gasteiger partial charge is 0.339 e. The minimum absolute atomic E-state index is 0.0155. The summed E-state index contributed by atoms with van der Waals surface area (Å²) >= 11 is 3.20. The molecule has 0 saturated carbocycles. The van der Waals surface area contributed by atoms with Gasteiger partial charge >= 0.3 is 5.97 Å². The van der Waals surface area contributed by atoms with Crippen LogP contribution < -0.4 is 14.8 Å². The van der Waals surface area contributed by atoms with Gasteiger partial charge in [0.25, 0.3) is 5.91 Å². The van der Waals surface area contributed by atoms with Gasteiger partial charge in [-0.05, 0) is 49.4 Å². The highest BCUT2D eigenvalue weighted by Crippen LogP contribution is 2.23. The first-order valence-electron chi connectivity index (χ1n) is 7.18. The van der Waals surface area contributed by atoms with Crippen LogP contribution in [0.15, 0.2) is 46.9 Å². The molecule has 0 heterocycles. The van der Waals surface area contributed by atoms with Crippen LogP contribution in [0.2, 0.25) is 0 Å². The van der Waals surface area contributed by atoms with Crippen molar-refractivity contribution < 1.29 is 24.2 Å². The molecule has 2 aromatic carbocycles. The summed E-state index contributed by atoms with van der Waals surface area (Å²) in [6.07, 6.45) is 0. The standard InChI is InChI=1S/C17H16BrNO5/c1-2-23-13-6-4-12(5-7-13)19-16(20)10-24-15-8-3-11(18)9-14(15)17(21)22/h3-9H,2,10H2,1H3,(H,19,20)(H,21,22). The molecule has 7 heteroatoms. The van der Waals surface area contributed by atoms with Crippen LogP contribution >= 0.6 is 15.9 Å². The maximum Gasteiger partial charge on any atom is 0.339 e. The summed E-state index contributed by atoms with van der Waals surface area (Å²) in [7, 11) is 0. The molecule has 6 nitrogen and oxygen atoms in total. The van der Waals surface area contributed by atoms with Crippen LogP contribution in [-0.2, 0) is 4.79 Å². The highest BCUT2D eigenvalue weighted by molar-refractivity contribution is 9.10. The fourth-order valence-corrected chi connectivity index (χ4v) is 2.30. The molecular formula is C17H16BrNO5. The largest absolute Gasteiger partial charge is 0.494 e. The number of hydrogen-bond donors (Lipinski definition) is 2. The Hall–Kier alpha value is -2.54. The number of benzene rings is 2. The van der Waals surface area contributed by atoms with Crippen molar-refractivity contribution in [1.29, 1.82) is 0 Å². The minimum atomic E-state index is -1.13. The predicted molar refractivity (Wildman–Crippen MR) is 92.8 cm³/mol. The van der Waals surface area contributed by atoms with Crippen LogP contribution in [-0.4, -0.2) is 30.2 Å². The number of carbonyl (C=O) groups excluding carboxylic acids is 1. The van der Waals surface area contributed by atoms with E-state index in [2.05, 4.69) is 21.2 Å². The Morgan fingerprint density at radius 1 is 1.12 bits per heavy atom. The molecule has 0 bridgehead atoms. The SMILES string of the molecule is CCOc1ccc(NC(=O)COc2ccc(Br)cc2C(=O)O)cc1. The number of anilines is 1. The number of hydrogen-bond acceptors (Lipinski definition) is 4. The molecule has 0 aliphatic carbocycles. The Kier molecular flexibility index (Phi) is 6.20. The van der Waals surface area contributed by atoms with E-state index in [4.69, 9.17) is 14.6 Å². The van der Waals surface area contributed by atoms with E-state index in [1.165, 1.54) is 12.1 Å². The van der Waals surface area contributed by atoms with E-state index >= 15 is 0 Å². The molecule has 0 unspecified atom stereocenters. The molecule has 24 heavy (non-hydrogen) atoms. The first-order valence-corrected chi connectivity index (χ1v) is 7.97. The van der Waals surface area contributed by atoms with Crippen LogP contribution in [0.3, 0.4) is 0 Å². The van der Waals surface area contributed by atoms with E-state index in [-0.39, 0.29) is 17.9 Å². The molecule has 0 fully saturated rings. The van der Waals surface area contributed by atoms with Crippen molar-refractivity contribution in [2.75, 3.05) is 18.5 Å². The molecule has 0 spiro atoms. The number of amides is 1. The summed E-state index contributed by atoms with van der Waals surface area (Å²) in [4.78, 5) is 23.1. The Morgan fingerprint density at radius 3 is 2.46 bits per heavy atom. The average molecular weight is 394 g/mol. The number of aromatic carboxylic acids is 1. The first-order chi connectivity index (χ1) is 11.5. The van der Waals surface area contributed by atoms with Gasteiger partial charge in [-0.25, -0.2) is 4.79 Å². The van der Waals surface area contributed by atoms with Crippen LogP contribution in [0.5, 0.6) is 11.5 Å². The van der Waals surface area contributed by atoms with Crippen LogP contribution in [0.4, 0.5) is 5.69 Å². The topological polar surface area (TPSA) is 84.9 Å². The molecule has 0 aliphatic heterocycles. The lowest BCUT2D eigenvalue weighted by Crippen LogP contribution is -2.20. The van der Waals surface area contributed by atoms with Crippen molar-refractivity contribution in [3.8, 4) is 11.5 Å². The van der Waals surface area contributed by atoms with Crippen LogP contribution in [0.25, 0.3) is 0 Å². The minimum Gasteiger partial charge on any atom is -0.494 e. The van der Waals surface area contributed by atoms with Gasteiger partial charge in [0.15, 0.2) is 6.61 Å². The highest BCUT2D eigenvalue weighted by atomic mass is 79.9. The van der Waals surface area contributed by atoms with E-state index in [0.29, 0.717) is 22.5 Å². The van der Waals surface area contributed by atoms with Gasteiger partial charge in [0, 0.05) is 10.2 Å². The lowest BCUT2D eigenvalue weighted by atomic mass is 10.2. The van der Waals surface area contributed by atoms with Gasteiger partial charge in [0.1, 0.15) is 17.1 Å². The summed E-state index contributed by atoms with van der Waals surface area (Å²) in [5.41, 5.74) is 0.583. The first kappa shape index (κ1) is 17.8. The zero-order valence-corrected chi connectivity index (χ0v) is 14.5. The van der Waals surface area contributed by atoms with E-state index in [0.717, 1.165) is 0 Å². The monoisotopic (exact) mass is 393 g/mol. The third-order valence-electron chi connectivity index (χ3n) is 2.98. The zero-order chi connectivity index (χ0) is 17.5. The van der Waals surface area contributed by atoms with Crippen LogP contribution in [0, 0.1) is 0 Å². The van der Waals surface area contributed by atoms with Crippen molar-refractivity contribution in [3.63, 3.8) is 0 Å². The number of nitrogens with one attached hydrogen (secondary N) is 1. The number of halogens is 1. The number of rotatable bonds is 7. The van der Waals surface area contributed by atoms with Crippen molar-refractivity contribution in [2.24, 2.45) is 0 Å². The summed E-state index contributed by atoms with van der Waals surface area (Å²) in [6.45, 7) is 2.16. The third-order valence-corrected chi connectivity index (χ3v) is 3.47. The maximum atomic E-state index is 11.9. The Morgan fingerprint density at radius 2 is 1.83 bits per heavy atom. The second kappa shape index (κ2) is 8.35. The molecule has 0 radical (unpaired) electrons. The third kappa shape index (κ3) is 4.99. The highest BCUT2D eigenvalue weighted by Gasteiger charge is 2.13. The molecule has 0 aliphatic rings. The summed E-state index contributed by atoms with van der Waals surface area (Å²) < 4.78 is 11.2. The summed E-state index contributed by atoms with van der Waals surface area (Å²) in [5, 5.41) is 11.8. The predicted octanol–water partition coefficient (Wildman–Crippen LogP) is 3.56. The van der Waals surface area contributed by atoms with E-state index in [1.54, 1.807) is 30.3 Å². The van der Waals surface area contributed by atoms with Crippen molar-refractivity contribution >= 4 is 33.5 Å². The van der Waals surface area contributed by atoms with Crippen LogP contribution in [0.1, 0.15) is 17.3 Å². The molecule has 2 aromatic rings.